The van der Waals surface area contributed by atoms with E-state index in [1.807, 2.05) is 13.8 Å². The van der Waals surface area contributed by atoms with Gasteiger partial charge in [0.15, 0.2) is 9.84 Å². The van der Waals surface area contributed by atoms with Gasteiger partial charge in [-0.25, -0.2) is 8.42 Å². The molecule has 0 saturated heterocycles. The van der Waals surface area contributed by atoms with Crippen LogP contribution in [0.3, 0.4) is 0 Å². The Morgan fingerprint density at radius 1 is 0.852 bits per heavy atom. The van der Waals surface area contributed by atoms with Crippen molar-refractivity contribution in [3.05, 3.63) is 0 Å². The molecular formula is C13H23F7N2O4S. The number of hydrogen-bond donors (Lipinski definition) is 2. The lowest BCUT2D eigenvalue weighted by molar-refractivity contribution is -0.344. The van der Waals surface area contributed by atoms with E-state index in [0.717, 1.165) is 13.2 Å². The van der Waals surface area contributed by atoms with Crippen molar-refractivity contribution < 1.29 is 48.7 Å². The van der Waals surface area contributed by atoms with Crippen molar-refractivity contribution in [2.75, 3.05) is 25.1 Å². The van der Waals surface area contributed by atoms with Crippen molar-refractivity contribution in [3.8, 4) is 0 Å². The van der Waals surface area contributed by atoms with Gasteiger partial charge in [0.2, 0.25) is 5.91 Å². The maximum atomic E-state index is 12.4. The van der Waals surface area contributed by atoms with Crippen molar-refractivity contribution >= 4 is 21.7 Å². The van der Waals surface area contributed by atoms with Crippen LogP contribution in [0.1, 0.15) is 27.7 Å². The van der Waals surface area contributed by atoms with E-state index in [0.29, 0.717) is 6.54 Å². The summed E-state index contributed by atoms with van der Waals surface area (Å²) in [6.07, 6.45) is -5.45. The Kier molecular flexibility index (Phi) is 13.4. The van der Waals surface area contributed by atoms with Gasteiger partial charge >= 0.3 is 18.0 Å². The Morgan fingerprint density at radius 3 is 1.48 bits per heavy atom. The van der Waals surface area contributed by atoms with Crippen LogP contribution in [0.25, 0.3) is 0 Å². The average Bonchev–Trinajstić information content (AvgIpc) is 2.47. The van der Waals surface area contributed by atoms with E-state index in [9.17, 15) is 48.7 Å². The highest BCUT2D eigenvalue weighted by molar-refractivity contribution is 7.91. The van der Waals surface area contributed by atoms with E-state index < -0.39 is 52.0 Å². The third kappa shape index (κ3) is 11.0. The maximum Gasteiger partial charge on any atom is 0.460 e. The van der Waals surface area contributed by atoms with E-state index in [4.69, 9.17) is 0 Å². The van der Waals surface area contributed by atoms with Gasteiger partial charge in [-0.2, -0.15) is 30.7 Å². The third-order valence-electron chi connectivity index (χ3n) is 2.14. The smallest absolute Gasteiger partial charge is 0.356 e. The summed E-state index contributed by atoms with van der Waals surface area (Å²) in [5.74, 6) is -15.7. The first-order chi connectivity index (χ1) is 11.9. The van der Waals surface area contributed by atoms with Crippen molar-refractivity contribution in [1.82, 2.24) is 10.6 Å². The second-order valence-electron chi connectivity index (χ2n) is 4.53. The molecule has 0 bridgehead atoms. The molecule has 0 unspecified atom stereocenters. The zero-order chi connectivity index (χ0) is 22.7. The molecule has 0 rings (SSSR count). The highest BCUT2D eigenvalue weighted by Gasteiger charge is 2.76. The minimum atomic E-state index is -6.48. The normalized spacial score (nSPS) is 12.0. The lowest BCUT2D eigenvalue weighted by Gasteiger charge is -2.26. The molecule has 0 fully saturated rings. The Balaban J connectivity index is -0.000000417. The standard InChI is InChI=1S/C6H6F7NO.C5H11NO3S.C2H6/c1-2-14-3(15)4(7,8)5(9,10)6(11,12)13;1-3-6-5(7)4-10(2,8)9;1-2/h2H2,1H3,(H,14,15);3-4H2,1-2H3,(H,6,7);1-2H3. The lowest BCUT2D eigenvalue weighted by atomic mass is 10.1. The summed E-state index contributed by atoms with van der Waals surface area (Å²) in [6.45, 7) is 6.82. The van der Waals surface area contributed by atoms with Crippen LogP contribution in [0.4, 0.5) is 30.7 Å². The number of rotatable bonds is 6. The molecule has 2 amide bonds. The number of carbonyl (C=O) groups is 2. The molecule has 6 nitrogen and oxygen atoms in total. The lowest BCUT2D eigenvalue weighted by Crippen LogP contribution is -2.59. The Labute approximate surface area is 152 Å². The topological polar surface area (TPSA) is 92.3 Å². The first-order valence-electron chi connectivity index (χ1n) is 7.49. The molecule has 0 aromatic heterocycles. The predicted molar refractivity (Wildman–Crippen MR) is 84.4 cm³/mol. The Bertz CT molecular complexity index is 564. The quantitative estimate of drug-likeness (QED) is 0.625. The summed E-state index contributed by atoms with van der Waals surface area (Å²) in [7, 11) is -3.16. The van der Waals surface area contributed by atoms with Crippen LogP contribution in [0, 0.1) is 0 Å². The SMILES string of the molecule is CC.CCNC(=O)C(F)(F)C(F)(F)C(F)(F)F.CCNC(=O)CS(C)(=O)=O. The van der Waals surface area contributed by atoms with E-state index in [1.54, 1.807) is 6.92 Å². The van der Waals surface area contributed by atoms with Crippen LogP contribution < -0.4 is 10.6 Å². The number of amides is 2. The molecule has 164 valence electrons. The summed E-state index contributed by atoms with van der Waals surface area (Å²) in [4.78, 5) is 20.9. The molecule has 14 heteroatoms. The van der Waals surface area contributed by atoms with Gasteiger partial charge in [-0.3, -0.25) is 9.59 Å². The number of sulfone groups is 1. The fraction of sp³-hybridized carbons (Fsp3) is 0.846. The van der Waals surface area contributed by atoms with Crippen molar-refractivity contribution in [2.45, 2.75) is 45.7 Å². The van der Waals surface area contributed by atoms with Gasteiger partial charge in [0, 0.05) is 19.3 Å². The van der Waals surface area contributed by atoms with Gasteiger partial charge in [-0.05, 0) is 13.8 Å². The highest BCUT2D eigenvalue weighted by atomic mass is 32.2. The van der Waals surface area contributed by atoms with Gasteiger partial charge in [0.25, 0.3) is 5.91 Å². The zero-order valence-corrected chi connectivity index (χ0v) is 16.1. The number of hydrogen-bond acceptors (Lipinski definition) is 4. The number of nitrogens with one attached hydrogen (secondary N) is 2. The largest absolute Gasteiger partial charge is 0.460 e. The van der Waals surface area contributed by atoms with Gasteiger partial charge in [-0.15, -0.1) is 0 Å². The van der Waals surface area contributed by atoms with Crippen molar-refractivity contribution in [2.24, 2.45) is 0 Å². The predicted octanol–water partition coefficient (Wildman–Crippen LogP) is 2.15. The molecule has 2 N–H and O–H groups in total. The second kappa shape index (κ2) is 12.0. The van der Waals surface area contributed by atoms with Crippen LogP contribution in [0.5, 0.6) is 0 Å². The molecule has 0 aromatic carbocycles. The summed E-state index contributed by atoms with van der Waals surface area (Å²) in [5, 5.41) is 3.58. The molecule has 0 heterocycles. The average molecular weight is 436 g/mol. The van der Waals surface area contributed by atoms with Crippen molar-refractivity contribution in [1.29, 1.82) is 0 Å². The van der Waals surface area contributed by atoms with Gasteiger partial charge in [0.05, 0.1) is 0 Å². The molecule has 0 atom stereocenters. The first kappa shape index (κ1) is 30.1. The summed E-state index contributed by atoms with van der Waals surface area (Å²) in [5.41, 5.74) is 0. The maximum absolute atomic E-state index is 12.4. The summed E-state index contributed by atoms with van der Waals surface area (Å²) in [6, 6.07) is 0. The summed E-state index contributed by atoms with van der Waals surface area (Å²) < 4.78 is 105. The number of halogens is 7. The minimum Gasteiger partial charge on any atom is -0.356 e. The number of alkyl halides is 7. The monoisotopic (exact) mass is 436 g/mol. The Hall–Kier alpha value is -1.60. The van der Waals surface area contributed by atoms with Crippen molar-refractivity contribution in [3.63, 3.8) is 0 Å². The van der Waals surface area contributed by atoms with E-state index in [1.165, 1.54) is 5.32 Å². The molecule has 27 heavy (non-hydrogen) atoms. The molecule has 0 aromatic rings. The van der Waals surface area contributed by atoms with Gasteiger partial charge < -0.3 is 10.6 Å². The van der Waals surface area contributed by atoms with Crippen LogP contribution >= 0.6 is 0 Å². The molecular weight excluding hydrogens is 413 g/mol. The Morgan fingerprint density at radius 2 is 1.22 bits per heavy atom. The van der Waals surface area contributed by atoms with Crippen LogP contribution in [0.2, 0.25) is 0 Å². The van der Waals surface area contributed by atoms with E-state index in [2.05, 4.69) is 5.32 Å². The van der Waals surface area contributed by atoms with E-state index in [-0.39, 0.29) is 0 Å². The molecule has 0 radical (unpaired) electrons. The summed E-state index contributed by atoms with van der Waals surface area (Å²) >= 11 is 0. The molecule has 0 aliphatic carbocycles. The zero-order valence-electron chi connectivity index (χ0n) is 15.3. The minimum absolute atomic E-state index is 0.416. The highest BCUT2D eigenvalue weighted by Crippen LogP contribution is 2.46. The third-order valence-corrected chi connectivity index (χ3v) is 2.93. The van der Waals surface area contributed by atoms with Crippen LogP contribution in [-0.4, -0.2) is 63.4 Å². The first-order valence-corrected chi connectivity index (χ1v) is 9.55. The molecule has 0 aliphatic heterocycles. The van der Waals surface area contributed by atoms with Gasteiger partial charge in [0.1, 0.15) is 5.75 Å². The fourth-order valence-electron chi connectivity index (χ4n) is 1.08. The van der Waals surface area contributed by atoms with Crippen LogP contribution in [-0.2, 0) is 19.4 Å². The molecule has 0 aliphatic rings. The second-order valence-corrected chi connectivity index (χ2v) is 6.67. The number of carbonyl (C=O) groups excluding carboxylic acids is 2. The van der Waals surface area contributed by atoms with Crippen LogP contribution in [0.15, 0.2) is 0 Å². The van der Waals surface area contributed by atoms with Gasteiger partial charge in [-0.1, -0.05) is 13.8 Å². The molecule has 0 saturated carbocycles. The molecule has 0 spiro atoms. The van der Waals surface area contributed by atoms with E-state index >= 15 is 0 Å². The fourth-order valence-corrected chi connectivity index (χ4v) is 1.66.